The molecule has 0 aromatic carbocycles. The lowest BCUT2D eigenvalue weighted by molar-refractivity contribution is 0.0427. The van der Waals surface area contributed by atoms with Crippen molar-refractivity contribution < 1.29 is 9.84 Å². The van der Waals surface area contributed by atoms with E-state index in [4.69, 9.17) is 4.74 Å². The van der Waals surface area contributed by atoms with Crippen LogP contribution >= 0.6 is 0 Å². The number of hydrogen-bond donors (Lipinski definition) is 1. The fourth-order valence-electron chi connectivity index (χ4n) is 1.40. The average molecular weight is 213 g/mol. The Morgan fingerprint density at radius 1 is 1.60 bits per heavy atom. The van der Waals surface area contributed by atoms with E-state index in [2.05, 4.69) is 9.88 Å². The number of rotatable bonds is 7. The van der Waals surface area contributed by atoms with Gasteiger partial charge in [-0.2, -0.15) is 0 Å². The predicted molar refractivity (Wildman–Crippen MR) is 57.6 cm³/mol. The summed E-state index contributed by atoms with van der Waals surface area (Å²) < 4.78 is 6.88. The van der Waals surface area contributed by atoms with Gasteiger partial charge in [-0.1, -0.05) is 0 Å². The van der Waals surface area contributed by atoms with Crippen molar-refractivity contribution in [3.63, 3.8) is 0 Å². The quantitative estimate of drug-likeness (QED) is 0.683. The van der Waals surface area contributed by atoms with E-state index in [9.17, 15) is 5.11 Å². The first-order valence-corrected chi connectivity index (χ1v) is 5.03. The molecule has 0 spiro atoms. The van der Waals surface area contributed by atoms with Crippen molar-refractivity contribution in [3.05, 3.63) is 18.7 Å². The lowest BCUT2D eigenvalue weighted by Crippen LogP contribution is -2.33. The first-order valence-electron chi connectivity index (χ1n) is 5.03. The van der Waals surface area contributed by atoms with E-state index >= 15 is 0 Å². The third kappa shape index (κ3) is 4.92. The molecule has 1 aromatic rings. The number of imidazole rings is 1. The molecule has 1 N–H and O–H groups in total. The maximum absolute atomic E-state index is 9.49. The third-order valence-electron chi connectivity index (χ3n) is 2.18. The molecule has 5 heteroatoms. The van der Waals surface area contributed by atoms with Gasteiger partial charge in [-0.05, 0) is 7.05 Å². The highest BCUT2D eigenvalue weighted by Gasteiger charge is 2.07. The number of aromatic nitrogens is 2. The summed E-state index contributed by atoms with van der Waals surface area (Å²) in [7, 11) is 3.57. The van der Waals surface area contributed by atoms with Crippen LogP contribution in [0.1, 0.15) is 0 Å². The Morgan fingerprint density at radius 2 is 2.40 bits per heavy atom. The minimum absolute atomic E-state index is 0.384. The molecule has 0 radical (unpaired) electrons. The molecule has 5 nitrogen and oxygen atoms in total. The fraction of sp³-hybridized carbons (Fsp3) is 0.700. The molecular weight excluding hydrogens is 194 g/mol. The number of likely N-dealkylation sites (N-methyl/N-ethyl adjacent to an activating group) is 1. The lowest BCUT2D eigenvalue weighted by Gasteiger charge is -2.20. The van der Waals surface area contributed by atoms with Crippen LogP contribution in [0.2, 0.25) is 0 Å². The number of aliphatic hydroxyl groups is 1. The molecule has 15 heavy (non-hydrogen) atoms. The van der Waals surface area contributed by atoms with Crippen molar-refractivity contribution >= 4 is 0 Å². The van der Waals surface area contributed by atoms with Crippen LogP contribution in [0.5, 0.6) is 0 Å². The zero-order valence-corrected chi connectivity index (χ0v) is 9.33. The summed E-state index contributed by atoms with van der Waals surface area (Å²) in [4.78, 5) is 6.04. The topological polar surface area (TPSA) is 50.5 Å². The summed E-state index contributed by atoms with van der Waals surface area (Å²) in [6.45, 7) is 2.78. The van der Waals surface area contributed by atoms with E-state index in [1.807, 2.05) is 17.8 Å². The summed E-state index contributed by atoms with van der Waals surface area (Å²) in [5, 5.41) is 9.49. The highest BCUT2D eigenvalue weighted by Crippen LogP contribution is 1.92. The first kappa shape index (κ1) is 12.2. The Balaban J connectivity index is 2.15. The molecule has 1 rings (SSSR count). The maximum Gasteiger partial charge on any atom is 0.0946 e. The van der Waals surface area contributed by atoms with Crippen molar-refractivity contribution in [2.24, 2.45) is 0 Å². The fourth-order valence-corrected chi connectivity index (χ4v) is 1.40. The Morgan fingerprint density at radius 3 is 3.00 bits per heavy atom. The summed E-state index contributed by atoms with van der Waals surface area (Å²) in [6.07, 6.45) is 5.07. The summed E-state index contributed by atoms with van der Waals surface area (Å²) >= 11 is 0. The van der Waals surface area contributed by atoms with Crippen molar-refractivity contribution in [2.45, 2.75) is 12.6 Å². The van der Waals surface area contributed by atoms with Gasteiger partial charge in [0.2, 0.25) is 0 Å². The van der Waals surface area contributed by atoms with Gasteiger partial charge in [0.25, 0.3) is 0 Å². The van der Waals surface area contributed by atoms with E-state index in [0.29, 0.717) is 13.2 Å². The van der Waals surface area contributed by atoms with Crippen LogP contribution in [0.25, 0.3) is 0 Å². The van der Waals surface area contributed by atoms with E-state index in [0.717, 1.165) is 13.1 Å². The van der Waals surface area contributed by atoms with Gasteiger partial charge in [-0.15, -0.1) is 0 Å². The number of aliphatic hydroxyl groups excluding tert-OH is 1. The number of ether oxygens (including phenoxy) is 1. The zero-order chi connectivity index (χ0) is 11.1. The number of hydrogen-bond acceptors (Lipinski definition) is 4. The Labute approximate surface area is 90.3 Å². The average Bonchev–Trinajstić information content (AvgIpc) is 2.67. The standard InChI is InChI=1S/C10H19N3O2/c1-12(7-10(14)8-15-2)5-6-13-4-3-11-9-13/h3-4,9-10,14H,5-8H2,1-2H3. The van der Waals surface area contributed by atoms with Crippen LogP contribution in [-0.2, 0) is 11.3 Å². The molecule has 0 aliphatic heterocycles. The van der Waals surface area contributed by atoms with Gasteiger partial charge in [0.1, 0.15) is 0 Å². The van der Waals surface area contributed by atoms with E-state index in [-0.39, 0.29) is 0 Å². The number of methoxy groups -OCH3 is 1. The van der Waals surface area contributed by atoms with Crippen LogP contribution in [0.4, 0.5) is 0 Å². The van der Waals surface area contributed by atoms with Crippen LogP contribution in [0, 0.1) is 0 Å². The van der Waals surface area contributed by atoms with Crippen LogP contribution in [0.3, 0.4) is 0 Å². The number of nitrogens with zero attached hydrogens (tertiary/aromatic N) is 3. The van der Waals surface area contributed by atoms with Gasteiger partial charge in [-0.25, -0.2) is 4.98 Å². The molecule has 0 saturated heterocycles. The zero-order valence-electron chi connectivity index (χ0n) is 9.33. The van der Waals surface area contributed by atoms with Crippen molar-refractivity contribution in [2.75, 3.05) is 33.9 Å². The molecule has 1 unspecified atom stereocenters. The summed E-state index contributed by atoms with van der Waals surface area (Å²) in [6, 6.07) is 0. The second-order valence-electron chi connectivity index (χ2n) is 3.67. The molecule has 1 atom stereocenters. The van der Waals surface area contributed by atoms with Gasteiger partial charge in [-0.3, -0.25) is 0 Å². The normalized spacial score (nSPS) is 13.3. The monoisotopic (exact) mass is 213 g/mol. The third-order valence-corrected chi connectivity index (χ3v) is 2.18. The molecule has 0 aliphatic rings. The van der Waals surface area contributed by atoms with Crippen LogP contribution in [-0.4, -0.2) is 59.5 Å². The largest absolute Gasteiger partial charge is 0.389 e. The van der Waals surface area contributed by atoms with Crippen molar-refractivity contribution in [3.8, 4) is 0 Å². The molecule has 0 amide bonds. The van der Waals surface area contributed by atoms with Crippen LogP contribution < -0.4 is 0 Å². The molecule has 1 aromatic heterocycles. The SMILES string of the molecule is COCC(O)CN(C)CCn1ccnc1. The van der Waals surface area contributed by atoms with Crippen molar-refractivity contribution in [1.29, 1.82) is 0 Å². The summed E-state index contributed by atoms with van der Waals surface area (Å²) in [5.74, 6) is 0. The Kier molecular flexibility index (Phi) is 5.31. The predicted octanol–water partition coefficient (Wildman–Crippen LogP) is -0.178. The second-order valence-corrected chi connectivity index (χ2v) is 3.67. The second kappa shape index (κ2) is 6.55. The highest BCUT2D eigenvalue weighted by atomic mass is 16.5. The Bertz CT molecular complexity index is 251. The van der Waals surface area contributed by atoms with Crippen molar-refractivity contribution in [1.82, 2.24) is 14.5 Å². The molecule has 0 fully saturated rings. The molecule has 0 saturated carbocycles. The van der Waals surface area contributed by atoms with Gasteiger partial charge in [0, 0.05) is 39.1 Å². The van der Waals surface area contributed by atoms with Gasteiger partial charge in [0.15, 0.2) is 0 Å². The van der Waals surface area contributed by atoms with Crippen LogP contribution in [0.15, 0.2) is 18.7 Å². The van der Waals surface area contributed by atoms with E-state index < -0.39 is 6.10 Å². The van der Waals surface area contributed by atoms with E-state index in [1.165, 1.54) is 0 Å². The highest BCUT2D eigenvalue weighted by molar-refractivity contribution is 4.74. The van der Waals surface area contributed by atoms with Gasteiger partial charge < -0.3 is 19.3 Å². The first-order chi connectivity index (χ1) is 7.22. The minimum Gasteiger partial charge on any atom is -0.389 e. The lowest BCUT2D eigenvalue weighted by atomic mass is 10.3. The summed E-state index contributed by atoms with van der Waals surface area (Å²) in [5.41, 5.74) is 0. The van der Waals surface area contributed by atoms with Gasteiger partial charge in [0.05, 0.1) is 19.0 Å². The molecule has 86 valence electrons. The molecule has 1 heterocycles. The van der Waals surface area contributed by atoms with E-state index in [1.54, 1.807) is 19.6 Å². The molecule has 0 bridgehead atoms. The Hall–Kier alpha value is -0.910. The molecular formula is C10H19N3O2. The minimum atomic E-state index is -0.414. The maximum atomic E-state index is 9.49. The molecule has 0 aliphatic carbocycles. The van der Waals surface area contributed by atoms with Gasteiger partial charge >= 0.3 is 0 Å². The smallest absolute Gasteiger partial charge is 0.0946 e.